The van der Waals surface area contributed by atoms with Crippen molar-refractivity contribution in [2.24, 2.45) is 0 Å². The minimum absolute atomic E-state index is 0.0265. The Bertz CT molecular complexity index is 768. The van der Waals surface area contributed by atoms with Gasteiger partial charge in [-0.2, -0.15) is 0 Å². The molecule has 6 heteroatoms. The van der Waals surface area contributed by atoms with Crippen LogP contribution in [0.25, 0.3) is 0 Å². The maximum absolute atomic E-state index is 12.2. The Kier molecular flexibility index (Phi) is 3.73. The van der Waals surface area contributed by atoms with E-state index in [4.69, 9.17) is 9.47 Å². The SMILES string of the molecule is CCOc1ccc(C2CC(=O)c3c(O)cc(O)cc3O2)cc1O. The Hall–Kier alpha value is -2.89. The molecular weight excluding hydrogens is 300 g/mol. The molecule has 3 N–H and O–H groups in total. The third-order valence-corrected chi connectivity index (χ3v) is 3.64. The third kappa shape index (κ3) is 2.75. The third-order valence-electron chi connectivity index (χ3n) is 3.64. The molecule has 1 aliphatic heterocycles. The van der Waals surface area contributed by atoms with E-state index in [1.165, 1.54) is 12.1 Å². The maximum atomic E-state index is 12.2. The van der Waals surface area contributed by atoms with Gasteiger partial charge in [0.1, 0.15) is 28.9 Å². The van der Waals surface area contributed by atoms with Gasteiger partial charge >= 0.3 is 0 Å². The minimum Gasteiger partial charge on any atom is -0.508 e. The van der Waals surface area contributed by atoms with Crippen molar-refractivity contribution in [2.75, 3.05) is 6.61 Å². The van der Waals surface area contributed by atoms with Gasteiger partial charge in [0.05, 0.1) is 13.0 Å². The van der Waals surface area contributed by atoms with E-state index in [1.807, 2.05) is 6.92 Å². The molecule has 6 nitrogen and oxygen atoms in total. The zero-order valence-corrected chi connectivity index (χ0v) is 12.4. The van der Waals surface area contributed by atoms with Gasteiger partial charge in [-0.25, -0.2) is 0 Å². The van der Waals surface area contributed by atoms with Gasteiger partial charge in [0.15, 0.2) is 17.3 Å². The van der Waals surface area contributed by atoms with Crippen LogP contribution in [0, 0.1) is 0 Å². The van der Waals surface area contributed by atoms with Crippen LogP contribution in [0.3, 0.4) is 0 Å². The van der Waals surface area contributed by atoms with E-state index in [-0.39, 0.29) is 40.8 Å². The first-order chi connectivity index (χ1) is 11.0. The molecule has 1 unspecified atom stereocenters. The molecule has 23 heavy (non-hydrogen) atoms. The van der Waals surface area contributed by atoms with Crippen molar-refractivity contribution in [1.82, 2.24) is 0 Å². The molecule has 0 radical (unpaired) electrons. The van der Waals surface area contributed by atoms with Crippen LogP contribution < -0.4 is 9.47 Å². The Morgan fingerprint density at radius 2 is 1.96 bits per heavy atom. The number of hydrogen-bond acceptors (Lipinski definition) is 6. The molecule has 0 aromatic heterocycles. The van der Waals surface area contributed by atoms with Crippen LogP contribution in [-0.4, -0.2) is 27.7 Å². The highest BCUT2D eigenvalue weighted by Gasteiger charge is 2.31. The molecule has 3 rings (SSSR count). The van der Waals surface area contributed by atoms with Crippen LogP contribution in [0.2, 0.25) is 0 Å². The van der Waals surface area contributed by atoms with E-state index in [1.54, 1.807) is 12.1 Å². The molecule has 1 heterocycles. The van der Waals surface area contributed by atoms with Crippen LogP contribution in [0.5, 0.6) is 28.7 Å². The summed E-state index contributed by atoms with van der Waals surface area (Å²) in [7, 11) is 0. The lowest BCUT2D eigenvalue weighted by Gasteiger charge is -2.26. The van der Waals surface area contributed by atoms with Gasteiger partial charge in [0.25, 0.3) is 0 Å². The van der Waals surface area contributed by atoms with Crippen molar-refractivity contribution >= 4 is 5.78 Å². The van der Waals surface area contributed by atoms with Crippen molar-refractivity contribution in [3.8, 4) is 28.7 Å². The number of fused-ring (bicyclic) bond motifs is 1. The minimum atomic E-state index is -0.613. The highest BCUT2D eigenvalue weighted by Crippen LogP contribution is 2.42. The number of hydrogen-bond donors (Lipinski definition) is 3. The van der Waals surface area contributed by atoms with Gasteiger partial charge in [0.2, 0.25) is 0 Å². The average Bonchev–Trinajstić information content (AvgIpc) is 2.48. The van der Waals surface area contributed by atoms with Gasteiger partial charge in [-0.15, -0.1) is 0 Å². The summed E-state index contributed by atoms with van der Waals surface area (Å²) in [4.78, 5) is 12.2. The molecule has 0 bridgehead atoms. The second-order valence-corrected chi connectivity index (χ2v) is 5.23. The zero-order valence-electron chi connectivity index (χ0n) is 12.4. The molecule has 1 atom stereocenters. The Morgan fingerprint density at radius 1 is 1.17 bits per heavy atom. The topological polar surface area (TPSA) is 96.2 Å². The van der Waals surface area contributed by atoms with Crippen molar-refractivity contribution in [3.05, 3.63) is 41.5 Å². The molecule has 0 fully saturated rings. The van der Waals surface area contributed by atoms with Gasteiger partial charge in [-0.05, 0) is 24.6 Å². The smallest absolute Gasteiger partial charge is 0.174 e. The van der Waals surface area contributed by atoms with Gasteiger partial charge in [-0.1, -0.05) is 6.07 Å². The van der Waals surface area contributed by atoms with Crippen LogP contribution in [0.1, 0.15) is 35.4 Å². The number of ketones is 1. The molecule has 0 aliphatic carbocycles. The van der Waals surface area contributed by atoms with Crippen LogP contribution >= 0.6 is 0 Å². The predicted molar refractivity (Wildman–Crippen MR) is 81.4 cm³/mol. The Morgan fingerprint density at radius 3 is 2.65 bits per heavy atom. The molecule has 2 aromatic carbocycles. The lowest BCUT2D eigenvalue weighted by molar-refractivity contribution is 0.0844. The van der Waals surface area contributed by atoms with Crippen LogP contribution in [-0.2, 0) is 0 Å². The Balaban J connectivity index is 1.94. The number of carbonyl (C=O) groups is 1. The summed E-state index contributed by atoms with van der Waals surface area (Å²) in [5.74, 6) is -0.347. The van der Waals surface area contributed by atoms with Crippen molar-refractivity contribution in [3.63, 3.8) is 0 Å². The summed E-state index contributed by atoms with van der Waals surface area (Å²) < 4.78 is 11.0. The zero-order chi connectivity index (χ0) is 16.6. The van der Waals surface area contributed by atoms with Crippen LogP contribution in [0.4, 0.5) is 0 Å². The molecular formula is C17H16O6. The number of phenols is 3. The first kappa shape index (κ1) is 15.0. The Labute approximate surface area is 132 Å². The number of phenolic OH excluding ortho intramolecular Hbond substituents is 3. The summed E-state index contributed by atoms with van der Waals surface area (Å²) in [6, 6.07) is 7.18. The lowest BCUT2D eigenvalue weighted by atomic mass is 9.95. The molecule has 0 spiro atoms. The molecule has 2 aromatic rings. The highest BCUT2D eigenvalue weighted by molar-refractivity contribution is 6.02. The number of ether oxygens (including phenoxy) is 2. The number of rotatable bonds is 3. The fraction of sp³-hybridized carbons (Fsp3) is 0.235. The first-order valence-corrected chi connectivity index (χ1v) is 7.21. The van der Waals surface area contributed by atoms with Gasteiger partial charge in [0, 0.05) is 12.1 Å². The van der Waals surface area contributed by atoms with E-state index >= 15 is 0 Å². The number of aromatic hydroxyl groups is 3. The maximum Gasteiger partial charge on any atom is 0.174 e. The standard InChI is InChI=1S/C17H16O6/c1-2-22-14-4-3-9(5-11(14)19)15-8-13(21)17-12(20)6-10(18)7-16(17)23-15/h3-7,15,18-20H,2,8H2,1H3. The summed E-state index contributed by atoms with van der Waals surface area (Å²) in [6.45, 7) is 2.24. The highest BCUT2D eigenvalue weighted by atomic mass is 16.5. The molecule has 1 aliphatic rings. The number of benzene rings is 2. The predicted octanol–water partition coefficient (Wildman–Crippen LogP) is 2.91. The lowest BCUT2D eigenvalue weighted by Crippen LogP contribution is -2.20. The fourth-order valence-corrected chi connectivity index (χ4v) is 2.62. The van der Waals surface area contributed by atoms with Crippen LogP contribution in [0.15, 0.2) is 30.3 Å². The van der Waals surface area contributed by atoms with Gasteiger partial charge < -0.3 is 24.8 Å². The second-order valence-electron chi connectivity index (χ2n) is 5.23. The first-order valence-electron chi connectivity index (χ1n) is 7.21. The monoisotopic (exact) mass is 316 g/mol. The molecule has 120 valence electrons. The fourth-order valence-electron chi connectivity index (χ4n) is 2.62. The van der Waals surface area contributed by atoms with Gasteiger partial charge in [-0.3, -0.25) is 4.79 Å². The van der Waals surface area contributed by atoms with Crippen molar-refractivity contribution < 1.29 is 29.6 Å². The van der Waals surface area contributed by atoms with Crippen molar-refractivity contribution in [1.29, 1.82) is 0 Å². The second kappa shape index (κ2) is 5.72. The summed E-state index contributed by atoms with van der Waals surface area (Å²) >= 11 is 0. The quantitative estimate of drug-likeness (QED) is 0.805. The summed E-state index contributed by atoms with van der Waals surface area (Å²) in [5.41, 5.74) is 0.669. The van der Waals surface area contributed by atoms with E-state index in [2.05, 4.69) is 0 Å². The normalized spacial score (nSPS) is 16.6. The van der Waals surface area contributed by atoms with E-state index in [9.17, 15) is 20.1 Å². The van der Waals surface area contributed by atoms with Crippen molar-refractivity contribution in [2.45, 2.75) is 19.4 Å². The molecule has 0 saturated carbocycles. The number of Topliss-reactive ketones (excluding diaryl/α,β-unsaturated/α-hetero) is 1. The molecule has 0 amide bonds. The summed E-state index contributed by atoms with van der Waals surface area (Å²) in [6.07, 6.45) is -0.587. The number of carbonyl (C=O) groups excluding carboxylic acids is 1. The molecule has 0 saturated heterocycles. The largest absolute Gasteiger partial charge is 0.508 e. The van der Waals surface area contributed by atoms with E-state index in [0.717, 1.165) is 6.07 Å². The van der Waals surface area contributed by atoms with E-state index in [0.29, 0.717) is 17.9 Å². The summed E-state index contributed by atoms with van der Waals surface area (Å²) in [5, 5.41) is 29.3. The average molecular weight is 316 g/mol. The van der Waals surface area contributed by atoms with E-state index < -0.39 is 6.10 Å².